The minimum absolute atomic E-state index is 0.121. The van der Waals surface area contributed by atoms with Crippen molar-refractivity contribution in [3.63, 3.8) is 0 Å². The quantitative estimate of drug-likeness (QED) is 0.712. The van der Waals surface area contributed by atoms with Crippen LogP contribution in [-0.4, -0.2) is 19.0 Å². The van der Waals surface area contributed by atoms with Crippen LogP contribution in [0.25, 0.3) is 0 Å². The predicted molar refractivity (Wildman–Crippen MR) is 64.3 cm³/mol. The minimum atomic E-state index is 0.121. The van der Waals surface area contributed by atoms with Crippen LogP contribution in [0.3, 0.4) is 0 Å². The van der Waals surface area contributed by atoms with Gasteiger partial charge in [-0.2, -0.15) is 0 Å². The van der Waals surface area contributed by atoms with Gasteiger partial charge in [-0.15, -0.1) is 0 Å². The molecule has 0 unspecified atom stereocenters. The number of ketones is 1. The van der Waals surface area contributed by atoms with Crippen molar-refractivity contribution in [2.45, 2.75) is 25.7 Å². The largest absolute Gasteiger partial charge is 0.489 e. The molecule has 2 aliphatic rings. The van der Waals surface area contributed by atoms with Crippen LogP contribution in [0.15, 0.2) is 6.07 Å². The third-order valence-corrected chi connectivity index (χ3v) is 3.54. The van der Waals surface area contributed by atoms with Gasteiger partial charge in [-0.05, 0) is 18.4 Å². The lowest BCUT2D eigenvalue weighted by molar-refractivity contribution is 0.0968. The van der Waals surface area contributed by atoms with Crippen molar-refractivity contribution in [2.75, 3.05) is 13.2 Å². The summed E-state index contributed by atoms with van der Waals surface area (Å²) in [6, 6.07) is 1.78. The molecule has 1 aliphatic carbocycles. The Bertz CT molecular complexity index is 482. The summed E-state index contributed by atoms with van der Waals surface area (Å²) in [6.07, 6.45) is 3.11. The number of rotatable bonds is 0. The van der Waals surface area contributed by atoms with Crippen LogP contribution in [0.4, 0.5) is 0 Å². The second kappa shape index (κ2) is 4.22. The van der Waals surface area contributed by atoms with E-state index >= 15 is 0 Å². The average molecular weight is 253 g/mol. The van der Waals surface area contributed by atoms with Gasteiger partial charge in [0.1, 0.15) is 0 Å². The number of hydrogen-bond donors (Lipinski definition) is 0. The molecule has 3 rings (SSSR count). The van der Waals surface area contributed by atoms with Gasteiger partial charge in [-0.25, -0.2) is 0 Å². The average Bonchev–Trinajstić information content (AvgIpc) is 2.55. The van der Waals surface area contributed by atoms with Crippen molar-refractivity contribution in [2.24, 2.45) is 0 Å². The van der Waals surface area contributed by atoms with Crippen LogP contribution in [-0.2, 0) is 6.42 Å². The molecule has 1 aromatic rings. The number of fused-ring (bicyclic) bond motifs is 3. The molecule has 17 heavy (non-hydrogen) atoms. The van der Waals surface area contributed by atoms with E-state index in [1.54, 1.807) is 6.07 Å². The topological polar surface area (TPSA) is 35.5 Å². The van der Waals surface area contributed by atoms with Crippen molar-refractivity contribution in [3.05, 3.63) is 22.2 Å². The molecule has 0 radical (unpaired) electrons. The molecule has 0 amide bonds. The van der Waals surface area contributed by atoms with Crippen LogP contribution in [0.1, 0.15) is 35.2 Å². The van der Waals surface area contributed by atoms with E-state index in [9.17, 15) is 4.79 Å². The number of halogens is 1. The van der Waals surface area contributed by atoms with Gasteiger partial charge in [0, 0.05) is 23.9 Å². The number of ether oxygens (including phenoxy) is 2. The SMILES string of the molecule is O=C1CCCc2c(Cl)cc3c(c21)OCCCO3. The van der Waals surface area contributed by atoms with E-state index in [1.807, 2.05) is 0 Å². The Labute approximate surface area is 105 Å². The van der Waals surface area contributed by atoms with Gasteiger partial charge in [0.2, 0.25) is 0 Å². The van der Waals surface area contributed by atoms with Crippen molar-refractivity contribution in [3.8, 4) is 11.5 Å². The smallest absolute Gasteiger partial charge is 0.172 e. The van der Waals surface area contributed by atoms with E-state index in [-0.39, 0.29) is 5.78 Å². The van der Waals surface area contributed by atoms with Crippen LogP contribution in [0.5, 0.6) is 11.5 Å². The van der Waals surface area contributed by atoms with E-state index in [4.69, 9.17) is 21.1 Å². The van der Waals surface area contributed by atoms with E-state index in [1.165, 1.54) is 0 Å². The van der Waals surface area contributed by atoms with Gasteiger partial charge >= 0.3 is 0 Å². The van der Waals surface area contributed by atoms with Gasteiger partial charge in [0.05, 0.1) is 18.8 Å². The summed E-state index contributed by atoms with van der Waals surface area (Å²) in [6.45, 7) is 1.20. The van der Waals surface area contributed by atoms with E-state index in [2.05, 4.69) is 0 Å². The van der Waals surface area contributed by atoms with Gasteiger partial charge < -0.3 is 9.47 Å². The summed E-state index contributed by atoms with van der Waals surface area (Å²) < 4.78 is 11.2. The van der Waals surface area contributed by atoms with E-state index in [0.29, 0.717) is 41.7 Å². The molecule has 0 saturated carbocycles. The maximum Gasteiger partial charge on any atom is 0.172 e. The maximum absolute atomic E-state index is 12.0. The first kappa shape index (κ1) is 10.9. The highest BCUT2D eigenvalue weighted by molar-refractivity contribution is 6.32. The first-order chi connectivity index (χ1) is 8.27. The summed E-state index contributed by atoms with van der Waals surface area (Å²) in [4.78, 5) is 12.0. The molecule has 0 atom stereocenters. The fourth-order valence-corrected chi connectivity index (χ4v) is 2.69. The number of carbonyl (C=O) groups excluding carboxylic acids is 1. The second-order valence-electron chi connectivity index (χ2n) is 4.37. The van der Waals surface area contributed by atoms with Gasteiger partial charge in [-0.1, -0.05) is 11.6 Å². The fourth-order valence-electron chi connectivity index (χ4n) is 2.40. The van der Waals surface area contributed by atoms with Crippen LogP contribution in [0.2, 0.25) is 5.02 Å². The normalized spacial score (nSPS) is 18.5. The van der Waals surface area contributed by atoms with Crippen LogP contribution >= 0.6 is 11.6 Å². The van der Waals surface area contributed by atoms with E-state index in [0.717, 1.165) is 24.8 Å². The molecule has 1 heterocycles. The highest BCUT2D eigenvalue weighted by Crippen LogP contribution is 2.42. The molecule has 0 N–H and O–H groups in total. The lowest BCUT2D eigenvalue weighted by Crippen LogP contribution is -2.14. The van der Waals surface area contributed by atoms with Crippen molar-refractivity contribution < 1.29 is 14.3 Å². The molecule has 1 aromatic carbocycles. The molecular weight excluding hydrogens is 240 g/mol. The Hall–Kier alpha value is -1.22. The molecule has 0 fully saturated rings. The van der Waals surface area contributed by atoms with E-state index < -0.39 is 0 Å². The Morgan fingerprint density at radius 3 is 2.82 bits per heavy atom. The van der Waals surface area contributed by atoms with Gasteiger partial charge in [-0.3, -0.25) is 4.79 Å². The monoisotopic (exact) mass is 252 g/mol. The molecular formula is C13H13ClO3. The molecule has 1 aliphatic heterocycles. The molecule has 4 heteroatoms. The number of benzene rings is 1. The third kappa shape index (κ3) is 1.78. The predicted octanol–water partition coefficient (Wildman–Crippen LogP) is 3.02. The Kier molecular flexibility index (Phi) is 2.71. The van der Waals surface area contributed by atoms with Crippen LogP contribution < -0.4 is 9.47 Å². The molecule has 0 aromatic heterocycles. The van der Waals surface area contributed by atoms with Gasteiger partial charge in [0.25, 0.3) is 0 Å². The fraction of sp³-hybridized carbons (Fsp3) is 0.462. The first-order valence-electron chi connectivity index (χ1n) is 5.91. The highest BCUT2D eigenvalue weighted by Gasteiger charge is 2.28. The standard InChI is InChI=1S/C13H13ClO3/c14-9-7-11-13(17-6-2-5-16-11)12-8(9)3-1-4-10(12)15/h7H,1-6H2. The highest BCUT2D eigenvalue weighted by atomic mass is 35.5. The Morgan fingerprint density at radius 2 is 1.94 bits per heavy atom. The molecule has 0 bridgehead atoms. The number of Topliss-reactive ketones (excluding diaryl/α,β-unsaturated/α-hetero) is 1. The summed E-state index contributed by atoms with van der Waals surface area (Å²) in [5.41, 5.74) is 1.58. The van der Waals surface area contributed by atoms with Crippen LogP contribution in [0, 0.1) is 0 Å². The van der Waals surface area contributed by atoms with Crippen molar-refractivity contribution in [1.82, 2.24) is 0 Å². The zero-order chi connectivity index (χ0) is 11.8. The zero-order valence-electron chi connectivity index (χ0n) is 9.42. The summed E-state index contributed by atoms with van der Waals surface area (Å²) in [5.74, 6) is 1.34. The van der Waals surface area contributed by atoms with Gasteiger partial charge in [0.15, 0.2) is 17.3 Å². The number of carbonyl (C=O) groups is 1. The molecule has 0 saturated heterocycles. The molecule has 90 valence electrons. The van der Waals surface area contributed by atoms with Crippen molar-refractivity contribution in [1.29, 1.82) is 0 Å². The Morgan fingerprint density at radius 1 is 1.12 bits per heavy atom. The zero-order valence-corrected chi connectivity index (χ0v) is 10.2. The van der Waals surface area contributed by atoms with Crippen molar-refractivity contribution >= 4 is 17.4 Å². The summed E-state index contributed by atoms with van der Waals surface area (Å²) in [7, 11) is 0. The lowest BCUT2D eigenvalue weighted by Gasteiger charge is -2.20. The lowest BCUT2D eigenvalue weighted by atomic mass is 9.89. The maximum atomic E-state index is 12.0. The number of hydrogen-bond acceptors (Lipinski definition) is 3. The molecule has 3 nitrogen and oxygen atoms in total. The molecule has 0 spiro atoms. The first-order valence-corrected chi connectivity index (χ1v) is 6.29. The Balaban J connectivity index is 2.22. The second-order valence-corrected chi connectivity index (χ2v) is 4.77. The summed E-state index contributed by atoms with van der Waals surface area (Å²) >= 11 is 6.21. The third-order valence-electron chi connectivity index (χ3n) is 3.20. The minimum Gasteiger partial charge on any atom is -0.489 e. The summed E-state index contributed by atoms with van der Waals surface area (Å²) in [5, 5.41) is 0.623.